The van der Waals surface area contributed by atoms with Crippen molar-refractivity contribution < 1.29 is 9.18 Å². The van der Waals surface area contributed by atoms with E-state index >= 15 is 0 Å². The van der Waals surface area contributed by atoms with Crippen LogP contribution in [0.3, 0.4) is 0 Å². The molecule has 0 aromatic heterocycles. The van der Waals surface area contributed by atoms with E-state index in [9.17, 15) is 9.18 Å². The first-order valence-electron chi connectivity index (χ1n) is 6.05. The molecule has 108 valence electrons. The summed E-state index contributed by atoms with van der Waals surface area (Å²) in [5.74, 6) is -0.724. The number of hydrogen-bond donors (Lipinski definition) is 2. The van der Waals surface area contributed by atoms with Gasteiger partial charge in [0.2, 0.25) is 0 Å². The molecule has 2 aromatic carbocycles. The van der Waals surface area contributed by atoms with Crippen molar-refractivity contribution in [2.24, 2.45) is 5.73 Å². The number of aryl methyl sites for hydroxylation is 1. The zero-order valence-corrected chi connectivity index (χ0v) is 13.5. The summed E-state index contributed by atoms with van der Waals surface area (Å²) in [6, 6.07) is 9.22. The number of carbonyl (C=O) groups is 1. The van der Waals surface area contributed by atoms with Crippen molar-refractivity contribution in [1.29, 1.82) is 0 Å². The molecule has 1 amide bonds. The second-order valence-electron chi connectivity index (χ2n) is 4.47. The van der Waals surface area contributed by atoms with Crippen molar-refractivity contribution in [2.45, 2.75) is 6.92 Å². The van der Waals surface area contributed by atoms with Gasteiger partial charge >= 0.3 is 0 Å². The molecule has 0 spiro atoms. The molecule has 0 unspecified atom stereocenters. The molecule has 6 heteroatoms. The summed E-state index contributed by atoms with van der Waals surface area (Å²) in [7, 11) is 0. The lowest BCUT2D eigenvalue weighted by Crippen LogP contribution is -2.18. The van der Waals surface area contributed by atoms with Crippen molar-refractivity contribution in [3.63, 3.8) is 0 Å². The molecule has 0 aliphatic heterocycles. The Morgan fingerprint density at radius 2 is 1.90 bits per heavy atom. The third-order valence-corrected chi connectivity index (χ3v) is 3.64. The molecule has 0 saturated heterocycles. The highest BCUT2D eigenvalue weighted by molar-refractivity contribution is 9.10. The molecule has 3 nitrogen and oxygen atoms in total. The maximum absolute atomic E-state index is 13.1. The Bertz CT molecular complexity index is 734. The maximum atomic E-state index is 13.1. The summed E-state index contributed by atoms with van der Waals surface area (Å²) in [6.45, 7) is 1.67. The van der Waals surface area contributed by atoms with Crippen LogP contribution in [0, 0.1) is 12.7 Å². The van der Waals surface area contributed by atoms with Gasteiger partial charge in [0.15, 0.2) is 0 Å². The van der Waals surface area contributed by atoms with E-state index in [1.165, 1.54) is 18.2 Å². The highest BCUT2D eigenvalue weighted by Gasteiger charge is 2.13. The van der Waals surface area contributed by atoms with E-state index < -0.39 is 0 Å². The van der Waals surface area contributed by atoms with Gasteiger partial charge in [0.1, 0.15) is 10.8 Å². The number of thiocarbonyl (C=S) groups is 1. The molecule has 0 saturated carbocycles. The fourth-order valence-electron chi connectivity index (χ4n) is 1.91. The SMILES string of the molecule is Cc1cc(F)ccc1C(=O)Nc1cc(Br)ccc1C(N)=S. The van der Waals surface area contributed by atoms with Gasteiger partial charge in [0.05, 0.1) is 5.69 Å². The number of halogens is 2. The van der Waals surface area contributed by atoms with E-state index in [-0.39, 0.29) is 16.7 Å². The number of rotatable bonds is 3. The van der Waals surface area contributed by atoms with Crippen LogP contribution in [-0.4, -0.2) is 10.9 Å². The minimum atomic E-state index is -0.379. The third kappa shape index (κ3) is 3.65. The van der Waals surface area contributed by atoms with Crippen LogP contribution in [0.4, 0.5) is 10.1 Å². The molecule has 0 radical (unpaired) electrons. The van der Waals surface area contributed by atoms with Crippen molar-refractivity contribution in [3.8, 4) is 0 Å². The van der Waals surface area contributed by atoms with Crippen LogP contribution in [0.2, 0.25) is 0 Å². The normalized spacial score (nSPS) is 10.2. The fourth-order valence-corrected chi connectivity index (χ4v) is 2.45. The van der Waals surface area contributed by atoms with E-state index in [2.05, 4.69) is 21.2 Å². The molecule has 0 heterocycles. The number of benzene rings is 2. The topological polar surface area (TPSA) is 55.1 Å². The molecule has 0 aliphatic carbocycles. The zero-order valence-electron chi connectivity index (χ0n) is 11.1. The molecule has 0 aliphatic rings. The molecule has 3 N–H and O–H groups in total. The second kappa shape index (κ2) is 6.32. The van der Waals surface area contributed by atoms with Gasteiger partial charge in [0.25, 0.3) is 5.91 Å². The van der Waals surface area contributed by atoms with Crippen LogP contribution in [0.1, 0.15) is 21.5 Å². The molecule has 2 aromatic rings. The van der Waals surface area contributed by atoms with Gasteiger partial charge in [-0.05, 0) is 48.9 Å². The molecular formula is C15H12BrFN2OS. The summed E-state index contributed by atoms with van der Waals surface area (Å²) in [4.78, 5) is 12.5. The monoisotopic (exact) mass is 366 g/mol. The van der Waals surface area contributed by atoms with Crippen LogP contribution in [0.5, 0.6) is 0 Å². The molecule has 0 fully saturated rings. The highest BCUT2D eigenvalue weighted by atomic mass is 79.9. The number of nitrogens with two attached hydrogens (primary N) is 1. The fraction of sp³-hybridized carbons (Fsp3) is 0.0667. The van der Waals surface area contributed by atoms with Crippen molar-refractivity contribution in [3.05, 3.63) is 63.4 Å². The Morgan fingerprint density at radius 3 is 2.52 bits per heavy atom. The van der Waals surface area contributed by atoms with Gasteiger partial charge in [-0.2, -0.15) is 0 Å². The minimum Gasteiger partial charge on any atom is -0.389 e. The average molecular weight is 367 g/mol. The van der Waals surface area contributed by atoms with Crippen LogP contribution in [0.15, 0.2) is 40.9 Å². The van der Waals surface area contributed by atoms with Crippen molar-refractivity contribution in [1.82, 2.24) is 0 Å². The first kappa shape index (κ1) is 15.6. The maximum Gasteiger partial charge on any atom is 0.255 e. The van der Waals surface area contributed by atoms with Gasteiger partial charge in [-0.1, -0.05) is 28.1 Å². The Balaban J connectivity index is 2.35. The second-order valence-corrected chi connectivity index (χ2v) is 5.82. The molecule has 0 atom stereocenters. The van der Waals surface area contributed by atoms with E-state index in [4.69, 9.17) is 18.0 Å². The Kier molecular flexibility index (Phi) is 4.69. The Morgan fingerprint density at radius 1 is 1.24 bits per heavy atom. The standard InChI is InChI=1S/C15H12BrFN2OS/c1-8-6-10(17)3-5-11(8)15(20)19-13-7-9(16)2-4-12(13)14(18)21/h2-7H,1H3,(H2,18,21)(H,19,20). The first-order chi connectivity index (χ1) is 9.88. The summed E-state index contributed by atoms with van der Waals surface area (Å²) >= 11 is 8.30. The van der Waals surface area contributed by atoms with E-state index in [0.717, 1.165) is 4.47 Å². The lowest BCUT2D eigenvalue weighted by molar-refractivity contribution is 0.102. The van der Waals surface area contributed by atoms with Crippen LogP contribution in [-0.2, 0) is 0 Å². The van der Waals surface area contributed by atoms with Gasteiger partial charge < -0.3 is 11.1 Å². The summed E-state index contributed by atoms with van der Waals surface area (Å²) in [6.07, 6.45) is 0. The predicted octanol–water partition coefficient (Wildman–Crippen LogP) is 3.78. The lowest BCUT2D eigenvalue weighted by Gasteiger charge is -2.12. The number of hydrogen-bond acceptors (Lipinski definition) is 2. The number of amides is 1. The quantitative estimate of drug-likeness (QED) is 0.812. The van der Waals surface area contributed by atoms with E-state index in [1.54, 1.807) is 25.1 Å². The minimum absolute atomic E-state index is 0.189. The van der Waals surface area contributed by atoms with Crippen LogP contribution >= 0.6 is 28.1 Å². The lowest BCUT2D eigenvalue weighted by atomic mass is 10.1. The van der Waals surface area contributed by atoms with Gasteiger partial charge in [0, 0.05) is 15.6 Å². The summed E-state index contributed by atoms with van der Waals surface area (Å²) < 4.78 is 13.9. The Hall–Kier alpha value is -1.79. The van der Waals surface area contributed by atoms with Crippen LogP contribution < -0.4 is 11.1 Å². The first-order valence-corrected chi connectivity index (χ1v) is 7.25. The number of carbonyl (C=O) groups excluding carboxylic acids is 1. The molecule has 0 bridgehead atoms. The Labute approximate surface area is 135 Å². The van der Waals surface area contributed by atoms with Gasteiger partial charge in [-0.3, -0.25) is 4.79 Å². The summed E-state index contributed by atoms with van der Waals surface area (Å²) in [5, 5.41) is 2.75. The van der Waals surface area contributed by atoms with Gasteiger partial charge in [-0.15, -0.1) is 0 Å². The van der Waals surface area contributed by atoms with E-state index in [1.807, 2.05) is 0 Å². The van der Waals surface area contributed by atoms with Crippen LogP contribution in [0.25, 0.3) is 0 Å². The zero-order chi connectivity index (χ0) is 15.6. The predicted molar refractivity (Wildman–Crippen MR) is 89.1 cm³/mol. The van der Waals surface area contributed by atoms with E-state index in [0.29, 0.717) is 22.4 Å². The van der Waals surface area contributed by atoms with Crippen molar-refractivity contribution in [2.75, 3.05) is 5.32 Å². The highest BCUT2D eigenvalue weighted by Crippen LogP contribution is 2.23. The average Bonchev–Trinajstić information content (AvgIpc) is 2.37. The third-order valence-electron chi connectivity index (χ3n) is 2.93. The number of anilines is 1. The smallest absolute Gasteiger partial charge is 0.255 e. The summed E-state index contributed by atoms with van der Waals surface area (Å²) in [5.41, 5.74) is 7.67. The number of nitrogens with one attached hydrogen (secondary N) is 1. The molecule has 21 heavy (non-hydrogen) atoms. The van der Waals surface area contributed by atoms with Crippen molar-refractivity contribution >= 4 is 44.7 Å². The molecular weight excluding hydrogens is 355 g/mol. The van der Waals surface area contributed by atoms with Gasteiger partial charge in [-0.25, -0.2) is 4.39 Å². The largest absolute Gasteiger partial charge is 0.389 e. The molecule has 2 rings (SSSR count).